The van der Waals surface area contributed by atoms with Gasteiger partial charge in [0.25, 0.3) is 5.91 Å². The number of ether oxygens (including phenoxy) is 1. The van der Waals surface area contributed by atoms with E-state index < -0.39 is 26.6 Å². The smallest absolute Gasteiger partial charge is 0.260 e. The first-order valence-electron chi connectivity index (χ1n) is 9.79. The molecule has 1 amide bonds. The fourth-order valence-corrected chi connectivity index (χ4v) is 5.67. The first kappa shape index (κ1) is 23.3. The highest BCUT2D eigenvalue weighted by Crippen LogP contribution is 2.30. The minimum Gasteiger partial charge on any atom is -0.383 e. The van der Waals surface area contributed by atoms with Gasteiger partial charge in [0.2, 0.25) is 10.0 Å². The maximum absolute atomic E-state index is 14.5. The molecule has 0 aliphatic carbocycles. The first-order chi connectivity index (χ1) is 14.8. The summed E-state index contributed by atoms with van der Waals surface area (Å²) in [5, 5.41) is 0.459. The lowest BCUT2D eigenvalue weighted by atomic mass is 10.2. The molecule has 0 spiro atoms. The lowest BCUT2D eigenvalue weighted by Gasteiger charge is -2.21. The minimum atomic E-state index is -4.07. The van der Waals surface area contributed by atoms with E-state index >= 15 is 0 Å². The highest BCUT2D eigenvalue weighted by molar-refractivity contribution is 7.89. The van der Waals surface area contributed by atoms with Gasteiger partial charge in [0.1, 0.15) is 10.7 Å². The number of anilines is 1. The molecule has 3 aromatic rings. The highest BCUT2D eigenvalue weighted by atomic mass is 32.2. The number of aromatic nitrogens is 1. The summed E-state index contributed by atoms with van der Waals surface area (Å²) in [5.74, 6) is -1.38. The average molecular weight is 466 g/mol. The van der Waals surface area contributed by atoms with Crippen LogP contribution in [0.1, 0.15) is 24.2 Å². The SMILES string of the molecule is CCN(CC)S(=O)(=O)c1cc(C(=O)N(CCOC)c2nc3ccccc3s2)ccc1F. The third kappa shape index (κ3) is 4.77. The van der Waals surface area contributed by atoms with Crippen LogP contribution >= 0.6 is 11.3 Å². The molecule has 166 valence electrons. The quantitative estimate of drug-likeness (QED) is 0.481. The van der Waals surface area contributed by atoms with Crippen molar-refractivity contribution in [1.82, 2.24) is 9.29 Å². The van der Waals surface area contributed by atoms with Crippen LogP contribution in [0.15, 0.2) is 47.4 Å². The van der Waals surface area contributed by atoms with Crippen molar-refractivity contribution in [2.75, 3.05) is 38.3 Å². The van der Waals surface area contributed by atoms with Gasteiger partial charge < -0.3 is 4.74 Å². The van der Waals surface area contributed by atoms with Crippen molar-refractivity contribution in [1.29, 1.82) is 0 Å². The normalized spacial score (nSPS) is 11.9. The van der Waals surface area contributed by atoms with E-state index in [9.17, 15) is 17.6 Å². The van der Waals surface area contributed by atoms with Gasteiger partial charge in [0, 0.05) is 25.8 Å². The van der Waals surface area contributed by atoms with Crippen LogP contribution < -0.4 is 4.90 Å². The van der Waals surface area contributed by atoms with Crippen molar-refractivity contribution in [2.45, 2.75) is 18.7 Å². The second kappa shape index (κ2) is 9.82. The lowest BCUT2D eigenvalue weighted by Crippen LogP contribution is -2.34. The van der Waals surface area contributed by atoms with Gasteiger partial charge in [0.05, 0.1) is 23.4 Å². The zero-order chi connectivity index (χ0) is 22.6. The number of methoxy groups -OCH3 is 1. The van der Waals surface area contributed by atoms with Crippen LogP contribution in [0.4, 0.5) is 9.52 Å². The Kier molecular flexibility index (Phi) is 7.37. The molecule has 1 aromatic heterocycles. The van der Waals surface area contributed by atoms with Crippen molar-refractivity contribution in [3.8, 4) is 0 Å². The van der Waals surface area contributed by atoms with E-state index in [1.807, 2.05) is 24.3 Å². The third-order valence-corrected chi connectivity index (χ3v) is 7.90. The summed E-state index contributed by atoms with van der Waals surface area (Å²) in [6.45, 7) is 4.21. The van der Waals surface area contributed by atoms with Crippen molar-refractivity contribution in [2.24, 2.45) is 0 Å². The largest absolute Gasteiger partial charge is 0.383 e. The molecule has 7 nitrogen and oxygen atoms in total. The maximum atomic E-state index is 14.5. The van der Waals surface area contributed by atoms with E-state index in [-0.39, 0.29) is 31.8 Å². The molecule has 0 fully saturated rings. The van der Waals surface area contributed by atoms with E-state index in [2.05, 4.69) is 4.98 Å². The van der Waals surface area contributed by atoms with Crippen molar-refractivity contribution >= 4 is 42.6 Å². The second-order valence-electron chi connectivity index (χ2n) is 6.65. The molecule has 0 radical (unpaired) electrons. The summed E-state index contributed by atoms with van der Waals surface area (Å²) in [4.78, 5) is 18.8. The fourth-order valence-electron chi connectivity index (χ4n) is 3.13. The molecule has 0 saturated carbocycles. The lowest BCUT2D eigenvalue weighted by molar-refractivity contribution is 0.0975. The van der Waals surface area contributed by atoms with Crippen LogP contribution in [0.25, 0.3) is 10.2 Å². The first-order valence-corrected chi connectivity index (χ1v) is 12.0. The highest BCUT2D eigenvalue weighted by Gasteiger charge is 2.28. The van der Waals surface area contributed by atoms with Gasteiger partial charge in [0.15, 0.2) is 5.13 Å². The molecule has 0 unspecified atom stereocenters. The summed E-state index contributed by atoms with van der Waals surface area (Å²) in [6, 6.07) is 10.9. The standard InChI is InChI=1S/C21H24FN3O4S2/c1-4-24(5-2)31(27,28)19-14-15(10-11-16(19)22)20(26)25(12-13-29-3)21-23-17-8-6-7-9-18(17)30-21/h6-11,14H,4-5,12-13H2,1-3H3. The minimum absolute atomic E-state index is 0.0579. The predicted octanol–water partition coefficient (Wildman–Crippen LogP) is 3.76. The molecule has 0 saturated heterocycles. The maximum Gasteiger partial charge on any atom is 0.260 e. The number of amides is 1. The number of hydrogen-bond donors (Lipinski definition) is 0. The van der Waals surface area contributed by atoms with Crippen molar-refractivity contribution < 1.29 is 22.3 Å². The Bertz CT molecular complexity index is 1140. The molecule has 1 heterocycles. The summed E-state index contributed by atoms with van der Waals surface area (Å²) in [7, 11) is -2.54. The molecule has 0 N–H and O–H groups in total. The number of carbonyl (C=O) groups is 1. The molecule has 3 rings (SSSR count). The van der Waals surface area contributed by atoms with Crippen LogP contribution in [0.2, 0.25) is 0 Å². The van der Waals surface area contributed by atoms with Gasteiger partial charge in [-0.1, -0.05) is 37.3 Å². The fraction of sp³-hybridized carbons (Fsp3) is 0.333. The Hall–Kier alpha value is -2.40. The van der Waals surface area contributed by atoms with E-state index in [4.69, 9.17) is 4.74 Å². The molecule has 0 aliphatic heterocycles. The van der Waals surface area contributed by atoms with Gasteiger partial charge in [-0.25, -0.2) is 17.8 Å². The Labute approximate surface area is 185 Å². The van der Waals surface area contributed by atoms with Gasteiger partial charge in [-0.15, -0.1) is 0 Å². The van der Waals surface area contributed by atoms with Gasteiger partial charge in [-0.2, -0.15) is 4.31 Å². The summed E-state index contributed by atoms with van der Waals surface area (Å²) >= 11 is 1.34. The number of halogens is 1. The molecular formula is C21H24FN3O4S2. The second-order valence-corrected chi connectivity index (χ2v) is 9.56. The van der Waals surface area contributed by atoms with Gasteiger partial charge in [-0.05, 0) is 30.3 Å². The summed E-state index contributed by atoms with van der Waals surface area (Å²) in [5.41, 5.74) is 0.809. The Morgan fingerprint density at radius 1 is 1.16 bits per heavy atom. The number of para-hydroxylation sites is 1. The molecule has 31 heavy (non-hydrogen) atoms. The Morgan fingerprint density at radius 3 is 2.52 bits per heavy atom. The molecule has 2 aromatic carbocycles. The topological polar surface area (TPSA) is 79.8 Å². The molecule has 0 aliphatic rings. The van der Waals surface area contributed by atoms with Gasteiger partial charge in [-0.3, -0.25) is 9.69 Å². The van der Waals surface area contributed by atoms with E-state index in [1.165, 1.54) is 29.4 Å². The number of benzene rings is 2. The van der Waals surface area contributed by atoms with Crippen LogP contribution in [-0.2, 0) is 14.8 Å². The van der Waals surface area contributed by atoms with Crippen molar-refractivity contribution in [3.63, 3.8) is 0 Å². The van der Waals surface area contributed by atoms with Crippen LogP contribution in [0, 0.1) is 5.82 Å². The number of fused-ring (bicyclic) bond motifs is 1. The number of sulfonamides is 1. The van der Waals surface area contributed by atoms with E-state index in [0.717, 1.165) is 26.7 Å². The Balaban J connectivity index is 2.04. The number of thiazole rings is 1. The summed E-state index contributed by atoms with van der Waals surface area (Å²) < 4.78 is 47.4. The predicted molar refractivity (Wildman–Crippen MR) is 120 cm³/mol. The monoisotopic (exact) mass is 465 g/mol. The number of nitrogens with zero attached hydrogens (tertiary/aromatic N) is 3. The zero-order valence-electron chi connectivity index (χ0n) is 17.5. The number of hydrogen-bond acceptors (Lipinski definition) is 6. The molecule has 0 atom stereocenters. The number of rotatable bonds is 9. The van der Waals surface area contributed by atoms with Crippen LogP contribution in [0.5, 0.6) is 0 Å². The van der Waals surface area contributed by atoms with Gasteiger partial charge >= 0.3 is 0 Å². The molecule has 10 heteroatoms. The summed E-state index contributed by atoms with van der Waals surface area (Å²) in [6.07, 6.45) is 0. The average Bonchev–Trinajstić information content (AvgIpc) is 3.18. The van der Waals surface area contributed by atoms with E-state index in [1.54, 1.807) is 13.8 Å². The van der Waals surface area contributed by atoms with Crippen LogP contribution in [0.3, 0.4) is 0 Å². The number of carbonyl (C=O) groups excluding carboxylic acids is 1. The molecule has 0 bridgehead atoms. The van der Waals surface area contributed by atoms with Crippen LogP contribution in [-0.4, -0.2) is 57.0 Å². The third-order valence-electron chi connectivity index (χ3n) is 4.78. The van der Waals surface area contributed by atoms with Crippen molar-refractivity contribution in [3.05, 3.63) is 53.8 Å². The Morgan fingerprint density at radius 2 is 1.87 bits per heavy atom. The molecular weight excluding hydrogens is 441 g/mol. The zero-order valence-corrected chi connectivity index (χ0v) is 19.2. The van der Waals surface area contributed by atoms with E-state index in [0.29, 0.717) is 5.13 Å².